The molecular formula is C13H15ClN5O3S+. The average molecular weight is 357 g/mol. The van der Waals surface area contributed by atoms with E-state index in [1.54, 1.807) is 41.6 Å². The molecule has 0 aliphatic carbocycles. The van der Waals surface area contributed by atoms with Crippen LogP contribution in [0.2, 0.25) is 0 Å². The number of likely N-dealkylation sites (N-methyl/N-ethyl adjacent to an activating group) is 1. The molecule has 0 bridgehead atoms. The maximum Gasteiger partial charge on any atom is 0.238 e. The van der Waals surface area contributed by atoms with E-state index in [4.69, 9.17) is 11.6 Å². The van der Waals surface area contributed by atoms with Gasteiger partial charge in [-0.05, 0) is 22.8 Å². The maximum absolute atomic E-state index is 11.8. The summed E-state index contributed by atoms with van der Waals surface area (Å²) in [6.07, 6.45) is 6.59. The van der Waals surface area contributed by atoms with E-state index < -0.39 is 21.0 Å². The van der Waals surface area contributed by atoms with Crippen LogP contribution >= 0.6 is 11.6 Å². The minimum atomic E-state index is -3.69. The molecule has 122 valence electrons. The van der Waals surface area contributed by atoms with Gasteiger partial charge in [-0.1, -0.05) is 4.68 Å². The van der Waals surface area contributed by atoms with Gasteiger partial charge in [-0.15, -0.1) is 0 Å². The second-order valence-electron chi connectivity index (χ2n) is 4.68. The number of carbonyl (C=O) groups is 1. The zero-order chi connectivity index (χ0) is 16.9. The summed E-state index contributed by atoms with van der Waals surface area (Å²) in [5, 5.41) is 3.28. The molecule has 2 aromatic heterocycles. The van der Waals surface area contributed by atoms with E-state index in [0.717, 1.165) is 9.87 Å². The number of hydrogen-bond acceptors (Lipinski definition) is 6. The molecule has 0 fully saturated rings. The highest BCUT2D eigenvalue weighted by molar-refractivity contribution is 7.90. The fourth-order valence-corrected chi connectivity index (χ4v) is 3.01. The lowest BCUT2D eigenvalue weighted by Crippen LogP contribution is -2.44. The lowest BCUT2D eigenvalue weighted by molar-refractivity contribution is -0.752. The van der Waals surface area contributed by atoms with E-state index >= 15 is 0 Å². The van der Waals surface area contributed by atoms with Crippen molar-refractivity contribution in [3.8, 4) is 11.4 Å². The lowest BCUT2D eigenvalue weighted by atomic mass is 10.3. The first kappa shape index (κ1) is 17.4. The minimum Gasteiger partial charge on any atom is -0.280 e. The van der Waals surface area contributed by atoms with E-state index in [0.29, 0.717) is 12.4 Å². The smallest absolute Gasteiger partial charge is 0.238 e. The molecule has 0 saturated carbocycles. The minimum absolute atomic E-state index is 0.172. The predicted octanol–water partition coefficient (Wildman–Crippen LogP) is -0.147. The topological polar surface area (TPSA) is 97.0 Å². The Hall–Kier alpha value is -1.97. The first-order valence-electron chi connectivity index (χ1n) is 6.64. The molecule has 0 unspecified atom stereocenters. The van der Waals surface area contributed by atoms with Gasteiger partial charge in [0.2, 0.25) is 15.3 Å². The number of sulfonamides is 1. The van der Waals surface area contributed by atoms with Crippen molar-refractivity contribution >= 4 is 26.9 Å². The zero-order valence-electron chi connectivity index (χ0n) is 12.3. The second kappa shape index (κ2) is 7.53. The number of nitrogens with zero attached hydrogens (tertiary/aromatic N) is 5. The van der Waals surface area contributed by atoms with Crippen molar-refractivity contribution in [2.24, 2.45) is 0 Å². The Labute approximate surface area is 138 Å². The van der Waals surface area contributed by atoms with E-state index in [-0.39, 0.29) is 6.54 Å². The van der Waals surface area contributed by atoms with Crippen molar-refractivity contribution in [3.63, 3.8) is 0 Å². The molecule has 23 heavy (non-hydrogen) atoms. The van der Waals surface area contributed by atoms with Crippen molar-refractivity contribution in [2.45, 2.75) is 6.54 Å². The quantitative estimate of drug-likeness (QED) is 0.505. The van der Waals surface area contributed by atoms with Crippen molar-refractivity contribution in [1.29, 1.82) is 0 Å². The molecule has 0 radical (unpaired) electrons. The molecule has 0 spiro atoms. The van der Waals surface area contributed by atoms with Gasteiger partial charge in [0, 0.05) is 31.1 Å². The fourth-order valence-electron chi connectivity index (χ4n) is 1.73. The summed E-state index contributed by atoms with van der Waals surface area (Å²) < 4.78 is 26.2. The molecule has 2 rings (SSSR count). The van der Waals surface area contributed by atoms with E-state index in [9.17, 15) is 13.2 Å². The Kier molecular flexibility index (Phi) is 5.69. The molecule has 0 saturated heterocycles. The highest BCUT2D eigenvalue weighted by Gasteiger charge is 2.22. The van der Waals surface area contributed by atoms with Gasteiger partial charge < -0.3 is 0 Å². The van der Waals surface area contributed by atoms with Crippen LogP contribution in [0.15, 0.2) is 36.9 Å². The normalized spacial score (nSPS) is 11.6. The molecule has 2 heterocycles. The summed E-state index contributed by atoms with van der Waals surface area (Å²) in [6, 6.07) is 3.51. The van der Waals surface area contributed by atoms with Crippen molar-refractivity contribution in [3.05, 3.63) is 36.9 Å². The highest BCUT2D eigenvalue weighted by atomic mass is 35.5. The third-order valence-electron chi connectivity index (χ3n) is 3.01. The summed E-state index contributed by atoms with van der Waals surface area (Å²) >= 11 is 5.13. The van der Waals surface area contributed by atoms with E-state index in [2.05, 4.69) is 15.1 Å². The third kappa shape index (κ3) is 5.02. The first-order valence-corrected chi connectivity index (χ1v) is 8.63. The van der Waals surface area contributed by atoms with Gasteiger partial charge in [-0.25, -0.2) is 18.4 Å². The Morgan fingerprint density at radius 2 is 2.04 bits per heavy atom. The molecule has 0 aromatic carbocycles. The first-order chi connectivity index (χ1) is 10.9. The third-order valence-corrected chi connectivity index (χ3v) is 5.06. The number of rotatable bonds is 7. The molecule has 0 aliphatic rings. The van der Waals surface area contributed by atoms with Crippen LogP contribution in [0.25, 0.3) is 11.4 Å². The molecular weight excluding hydrogens is 342 g/mol. The van der Waals surface area contributed by atoms with Crippen molar-refractivity contribution in [2.75, 3.05) is 19.3 Å². The molecule has 10 heteroatoms. The van der Waals surface area contributed by atoms with Crippen LogP contribution in [0.5, 0.6) is 0 Å². The summed E-state index contributed by atoms with van der Waals surface area (Å²) in [5.41, 5.74) is 0.760. The SMILES string of the molecule is CN(CC[n+]1ccc(-c2ncccn2)cn1)S(=O)(=O)CC(=O)Cl. The highest BCUT2D eigenvalue weighted by Crippen LogP contribution is 2.09. The Morgan fingerprint density at radius 1 is 1.35 bits per heavy atom. The standard InChI is InChI=1S/C13H15ClN5O3S/c1-18(23(21,22)10-12(14)20)7-8-19-6-3-11(9-17-19)13-15-4-2-5-16-13/h2-6,9H,7-8,10H2,1H3/q+1. The van der Waals surface area contributed by atoms with Gasteiger partial charge in [0.15, 0.2) is 18.6 Å². The Morgan fingerprint density at radius 3 is 2.61 bits per heavy atom. The summed E-state index contributed by atoms with van der Waals surface area (Å²) in [6.45, 7) is 0.507. The maximum atomic E-state index is 11.8. The average Bonchev–Trinajstić information content (AvgIpc) is 2.52. The molecule has 0 N–H and O–H groups in total. The van der Waals surface area contributed by atoms with Crippen LogP contribution in [-0.2, 0) is 21.4 Å². The van der Waals surface area contributed by atoms with Crippen molar-refractivity contribution in [1.82, 2.24) is 19.4 Å². The Balaban J connectivity index is 1.98. The number of hydrogen-bond donors (Lipinski definition) is 0. The number of carbonyl (C=O) groups excluding carboxylic acids is 1. The van der Waals surface area contributed by atoms with Crippen LogP contribution in [0.4, 0.5) is 0 Å². The molecule has 2 aromatic rings. The largest absolute Gasteiger partial charge is 0.280 e. The Bertz CT molecular complexity index is 768. The van der Waals surface area contributed by atoms with Gasteiger partial charge >= 0.3 is 0 Å². The molecule has 0 atom stereocenters. The van der Waals surface area contributed by atoms with Gasteiger partial charge in [0.25, 0.3) is 0 Å². The van der Waals surface area contributed by atoms with Crippen LogP contribution in [0, 0.1) is 0 Å². The van der Waals surface area contributed by atoms with Gasteiger partial charge in [-0.3, -0.25) is 4.79 Å². The van der Waals surface area contributed by atoms with Gasteiger partial charge in [0.05, 0.1) is 6.54 Å². The van der Waals surface area contributed by atoms with Crippen LogP contribution < -0.4 is 4.68 Å². The van der Waals surface area contributed by atoms with E-state index in [1.807, 2.05) is 0 Å². The lowest BCUT2D eigenvalue weighted by Gasteiger charge is -2.13. The second-order valence-corrected chi connectivity index (χ2v) is 7.18. The van der Waals surface area contributed by atoms with Crippen LogP contribution in [0.3, 0.4) is 0 Å². The number of halogens is 1. The van der Waals surface area contributed by atoms with Gasteiger partial charge in [-0.2, -0.15) is 4.31 Å². The molecule has 0 amide bonds. The summed E-state index contributed by atoms with van der Waals surface area (Å²) in [4.78, 5) is 19.0. The molecule has 8 nitrogen and oxygen atoms in total. The summed E-state index contributed by atoms with van der Waals surface area (Å²) in [7, 11) is -2.30. The van der Waals surface area contributed by atoms with Crippen LogP contribution in [-0.4, -0.2) is 52.4 Å². The number of aromatic nitrogens is 4. The predicted molar refractivity (Wildman–Crippen MR) is 82.7 cm³/mol. The summed E-state index contributed by atoms with van der Waals surface area (Å²) in [5.74, 6) is -0.152. The van der Waals surface area contributed by atoms with Crippen molar-refractivity contribution < 1.29 is 17.9 Å². The molecule has 0 aliphatic heterocycles. The van der Waals surface area contributed by atoms with Crippen LogP contribution in [0.1, 0.15) is 0 Å². The zero-order valence-corrected chi connectivity index (χ0v) is 13.9. The van der Waals surface area contributed by atoms with Gasteiger partial charge in [0.1, 0.15) is 11.9 Å². The monoisotopic (exact) mass is 356 g/mol. The van der Waals surface area contributed by atoms with E-state index in [1.165, 1.54) is 7.05 Å². The fraction of sp³-hybridized carbons (Fsp3) is 0.308.